The predicted molar refractivity (Wildman–Crippen MR) is 52.8 cm³/mol. The number of hydrogen-bond donors (Lipinski definition) is 0. The minimum atomic E-state index is -1.25. The Morgan fingerprint density at radius 2 is 1.53 bits per heavy atom. The molecule has 0 spiro atoms. The van der Waals surface area contributed by atoms with Gasteiger partial charge in [0.05, 0.1) is 0 Å². The van der Waals surface area contributed by atoms with Crippen molar-refractivity contribution in [2.45, 2.75) is 32.6 Å². The molecule has 0 rings (SSSR count). The maximum atomic E-state index is 12.0. The summed E-state index contributed by atoms with van der Waals surface area (Å²) in [5.41, 5.74) is 0. The Morgan fingerprint density at radius 1 is 1.00 bits per heavy atom. The number of hydrogen-bond acceptors (Lipinski definition) is 2. The van der Waals surface area contributed by atoms with Crippen molar-refractivity contribution in [3.8, 4) is 0 Å². The molecule has 3 nitrogen and oxygen atoms in total. The van der Waals surface area contributed by atoms with Crippen LogP contribution in [0.15, 0.2) is 0 Å². The van der Waals surface area contributed by atoms with E-state index in [9.17, 15) is 18.4 Å². The molecule has 0 aromatic heterocycles. The molecule has 0 radical (unpaired) electrons. The predicted octanol–water partition coefficient (Wildman–Crippen LogP) is 1.86. The molecule has 0 aromatic rings. The summed E-state index contributed by atoms with van der Waals surface area (Å²) in [6.07, 6.45) is 3.47. The molecule has 0 saturated carbocycles. The lowest BCUT2D eigenvalue weighted by Crippen LogP contribution is -2.39. The monoisotopic (exact) mass is 221 g/mol. The first-order valence-electron chi connectivity index (χ1n) is 5.12. The van der Waals surface area contributed by atoms with Crippen molar-refractivity contribution in [3.05, 3.63) is 0 Å². The number of alkyl halides is 2. The Bertz CT molecular complexity index is 194. The van der Waals surface area contributed by atoms with Crippen molar-refractivity contribution in [1.82, 2.24) is 4.90 Å². The SMILES string of the molecule is CCCCCCN(C(=O)CF)C(=O)CF. The Labute approximate surface area is 88.4 Å². The molecule has 0 aliphatic carbocycles. The van der Waals surface area contributed by atoms with Gasteiger partial charge in [0.25, 0.3) is 11.8 Å². The van der Waals surface area contributed by atoms with Crippen molar-refractivity contribution in [2.24, 2.45) is 0 Å². The fourth-order valence-electron chi connectivity index (χ4n) is 1.23. The standard InChI is InChI=1S/C10H17F2NO2/c1-2-3-4-5-6-13(9(14)7-11)10(15)8-12/h2-8H2,1H3. The zero-order valence-electron chi connectivity index (χ0n) is 8.97. The largest absolute Gasteiger partial charge is 0.278 e. The number of carbonyl (C=O) groups excluding carboxylic acids is 2. The van der Waals surface area contributed by atoms with Crippen molar-refractivity contribution in [2.75, 3.05) is 19.9 Å². The molecule has 0 bridgehead atoms. The molecule has 2 amide bonds. The van der Waals surface area contributed by atoms with E-state index in [2.05, 4.69) is 0 Å². The molecule has 0 fully saturated rings. The first kappa shape index (κ1) is 14.0. The lowest BCUT2D eigenvalue weighted by Gasteiger charge is -2.17. The van der Waals surface area contributed by atoms with Crippen LogP contribution in [0.1, 0.15) is 32.6 Å². The zero-order chi connectivity index (χ0) is 11.7. The van der Waals surface area contributed by atoms with Crippen LogP contribution in [0.4, 0.5) is 8.78 Å². The Hall–Kier alpha value is -1.00. The molecule has 0 unspecified atom stereocenters. The van der Waals surface area contributed by atoms with Crippen LogP contribution in [0.3, 0.4) is 0 Å². The van der Waals surface area contributed by atoms with Gasteiger partial charge in [0.15, 0.2) is 13.3 Å². The Kier molecular flexibility index (Phi) is 7.77. The van der Waals surface area contributed by atoms with E-state index in [0.29, 0.717) is 11.3 Å². The summed E-state index contributed by atoms with van der Waals surface area (Å²) in [5, 5.41) is 0. The maximum absolute atomic E-state index is 12.0. The van der Waals surface area contributed by atoms with E-state index in [-0.39, 0.29) is 6.54 Å². The number of nitrogens with zero attached hydrogens (tertiary/aromatic N) is 1. The first-order chi connectivity index (χ1) is 7.17. The third-order valence-electron chi connectivity index (χ3n) is 2.07. The van der Waals surface area contributed by atoms with Crippen LogP contribution >= 0.6 is 0 Å². The lowest BCUT2D eigenvalue weighted by atomic mass is 10.2. The topological polar surface area (TPSA) is 37.4 Å². The van der Waals surface area contributed by atoms with Gasteiger partial charge in [0, 0.05) is 6.54 Å². The molecule has 0 aromatic carbocycles. The van der Waals surface area contributed by atoms with E-state index in [1.165, 1.54) is 0 Å². The third-order valence-corrected chi connectivity index (χ3v) is 2.07. The Morgan fingerprint density at radius 3 is 1.93 bits per heavy atom. The molecular weight excluding hydrogens is 204 g/mol. The van der Waals surface area contributed by atoms with Gasteiger partial charge in [-0.3, -0.25) is 14.5 Å². The van der Waals surface area contributed by atoms with E-state index >= 15 is 0 Å². The van der Waals surface area contributed by atoms with Crippen molar-refractivity contribution in [1.29, 1.82) is 0 Å². The second-order valence-corrected chi connectivity index (χ2v) is 3.27. The van der Waals surface area contributed by atoms with Crippen molar-refractivity contribution < 1.29 is 18.4 Å². The quantitative estimate of drug-likeness (QED) is 0.615. The van der Waals surface area contributed by atoms with Gasteiger partial charge < -0.3 is 0 Å². The molecule has 0 heterocycles. The van der Waals surface area contributed by atoms with E-state index < -0.39 is 25.2 Å². The van der Waals surface area contributed by atoms with E-state index in [0.717, 1.165) is 19.3 Å². The number of imide groups is 1. The van der Waals surface area contributed by atoms with Crippen molar-refractivity contribution in [3.63, 3.8) is 0 Å². The van der Waals surface area contributed by atoms with E-state index in [1.54, 1.807) is 0 Å². The molecule has 0 atom stereocenters. The summed E-state index contributed by atoms with van der Waals surface area (Å²) in [5.74, 6) is -1.90. The van der Waals surface area contributed by atoms with Gasteiger partial charge in [-0.05, 0) is 6.42 Å². The average Bonchev–Trinajstić information content (AvgIpc) is 2.27. The van der Waals surface area contributed by atoms with Crippen LogP contribution in [0, 0.1) is 0 Å². The summed E-state index contributed by atoms with van der Waals surface area (Å²) < 4.78 is 24.1. The van der Waals surface area contributed by atoms with Crippen LogP contribution in [-0.4, -0.2) is 36.6 Å². The third kappa shape index (κ3) is 5.44. The molecule has 0 N–H and O–H groups in total. The highest BCUT2D eigenvalue weighted by atomic mass is 19.1. The summed E-state index contributed by atoms with van der Waals surface area (Å²) >= 11 is 0. The zero-order valence-corrected chi connectivity index (χ0v) is 8.97. The lowest BCUT2D eigenvalue weighted by molar-refractivity contribution is -0.146. The summed E-state index contributed by atoms with van der Waals surface area (Å²) in [7, 11) is 0. The number of unbranched alkanes of at least 4 members (excludes halogenated alkanes) is 3. The van der Waals surface area contributed by atoms with Gasteiger partial charge in [-0.1, -0.05) is 26.2 Å². The average molecular weight is 221 g/mol. The van der Waals surface area contributed by atoms with Crippen molar-refractivity contribution >= 4 is 11.8 Å². The maximum Gasteiger partial charge on any atom is 0.260 e. The van der Waals surface area contributed by atoms with Gasteiger partial charge in [-0.25, -0.2) is 8.78 Å². The number of halogens is 2. The second-order valence-electron chi connectivity index (χ2n) is 3.27. The van der Waals surface area contributed by atoms with Gasteiger partial charge in [-0.2, -0.15) is 0 Å². The van der Waals surface area contributed by atoms with Gasteiger partial charge in [-0.15, -0.1) is 0 Å². The van der Waals surface area contributed by atoms with Crippen LogP contribution in [0.5, 0.6) is 0 Å². The van der Waals surface area contributed by atoms with Gasteiger partial charge in [0.1, 0.15) is 0 Å². The smallest absolute Gasteiger partial charge is 0.260 e. The van der Waals surface area contributed by atoms with Crippen LogP contribution in [-0.2, 0) is 9.59 Å². The fraction of sp³-hybridized carbons (Fsp3) is 0.800. The molecule has 15 heavy (non-hydrogen) atoms. The molecular formula is C10H17F2NO2. The number of rotatable bonds is 7. The molecule has 5 heteroatoms. The van der Waals surface area contributed by atoms with E-state index in [4.69, 9.17) is 0 Å². The Balaban J connectivity index is 4.02. The summed E-state index contributed by atoms with van der Waals surface area (Å²) in [6, 6.07) is 0. The minimum absolute atomic E-state index is 0.117. The molecule has 0 aliphatic rings. The first-order valence-corrected chi connectivity index (χ1v) is 5.12. The minimum Gasteiger partial charge on any atom is -0.278 e. The highest BCUT2D eigenvalue weighted by Crippen LogP contribution is 2.03. The van der Waals surface area contributed by atoms with Crippen LogP contribution in [0.2, 0.25) is 0 Å². The molecule has 0 aliphatic heterocycles. The highest BCUT2D eigenvalue weighted by Gasteiger charge is 2.19. The second kappa shape index (κ2) is 8.32. The van der Waals surface area contributed by atoms with E-state index in [1.807, 2.05) is 6.92 Å². The highest BCUT2D eigenvalue weighted by molar-refractivity contribution is 5.96. The summed E-state index contributed by atoms with van der Waals surface area (Å²) in [6.45, 7) is -0.359. The number of carbonyl (C=O) groups is 2. The number of amides is 2. The van der Waals surface area contributed by atoms with Crippen LogP contribution < -0.4 is 0 Å². The summed E-state index contributed by atoms with van der Waals surface area (Å²) in [4.78, 5) is 22.5. The van der Waals surface area contributed by atoms with Gasteiger partial charge >= 0.3 is 0 Å². The van der Waals surface area contributed by atoms with Crippen LogP contribution in [0.25, 0.3) is 0 Å². The fourth-order valence-corrected chi connectivity index (χ4v) is 1.23. The normalized spacial score (nSPS) is 10.1. The molecule has 0 saturated heterocycles. The molecule has 88 valence electrons. The van der Waals surface area contributed by atoms with Gasteiger partial charge in [0.2, 0.25) is 0 Å².